The van der Waals surface area contributed by atoms with Crippen LogP contribution in [0.25, 0.3) is 0 Å². The third kappa shape index (κ3) is 4.59. The predicted octanol–water partition coefficient (Wildman–Crippen LogP) is 1.88. The molecule has 130 valence electrons. The van der Waals surface area contributed by atoms with Gasteiger partial charge < -0.3 is 15.1 Å². The van der Waals surface area contributed by atoms with E-state index in [-0.39, 0.29) is 10.9 Å². The number of sulfonamides is 1. The number of urea groups is 1. The summed E-state index contributed by atoms with van der Waals surface area (Å²) in [5.74, 6) is 0. The van der Waals surface area contributed by atoms with E-state index in [1.807, 2.05) is 25.9 Å². The van der Waals surface area contributed by atoms with Crippen LogP contribution in [0.2, 0.25) is 0 Å². The maximum Gasteiger partial charge on any atom is 0.321 e. The van der Waals surface area contributed by atoms with Gasteiger partial charge in [0.1, 0.15) is 0 Å². The van der Waals surface area contributed by atoms with Gasteiger partial charge in [-0.3, -0.25) is 0 Å². The van der Waals surface area contributed by atoms with Crippen molar-refractivity contribution in [2.24, 2.45) is 0 Å². The first-order chi connectivity index (χ1) is 10.6. The van der Waals surface area contributed by atoms with Gasteiger partial charge in [-0.25, -0.2) is 17.5 Å². The van der Waals surface area contributed by atoms with Crippen molar-refractivity contribution in [2.75, 3.05) is 52.0 Å². The van der Waals surface area contributed by atoms with E-state index in [1.54, 1.807) is 18.0 Å². The van der Waals surface area contributed by atoms with Crippen molar-refractivity contribution >= 4 is 27.4 Å². The monoisotopic (exact) mass is 342 g/mol. The highest BCUT2D eigenvalue weighted by Crippen LogP contribution is 2.28. The van der Waals surface area contributed by atoms with E-state index in [0.717, 1.165) is 16.4 Å². The van der Waals surface area contributed by atoms with E-state index in [2.05, 4.69) is 5.32 Å². The standard InChI is InChI=1S/C15H26N4O3S/c1-7-10-19(6)15(20)16-13-11-12(23(21,22)18(4)5)8-9-14(13)17(2)3/h8-9,11H,7,10H2,1-6H3,(H,16,20). The minimum Gasteiger partial charge on any atom is -0.376 e. The van der Waals surface area contributed by atoms with E-state index >= 15 is 0 Å². The highest BCUT2D eigenvalue weighted by atomic mass is 32.2. The fraction of sp³-hybridized carbons (Fsp3) is 0.533. The van der Waals surface area contributed by atoms with Crippen molar-refractivity contribution in [1.82, 2.24) is 9.21 Å². The largest absolute Gasteiger partial charge is 0.376 e. The van der Waals surface area contributed by atoms with E-state index in [4.69, 9.17) is 0 Å². The number of nitrogens with zero attached hydrogens (tertiary/aromatic N) is 3. The number of hydrogen-bond donors (Lipinski definition) is 1. The van der Waals surface area contributed by atoms with Crippen LogP contribution in [0.1, 0.15) is 13.3 Å². The third-order valence-corrected chi connectivity index (χ3v) is 5.19. The molecular weight excluding hydrogens is 316 g/mol. The lowest BCUT2D eigenvalue weighted by Gasteiger charge is -2.22. The summed E-state index contributed by atoms with van der Waals surface area (Å²) < 4.78 is 25.7. The molecule has 0 saturated carbocycles. The maximum atomic E-state index is 12.3. The maximum absolute atomic E-state index is 12.3. The van der Waals surface area contributed by atoms with Crippen LogP contribution in [0, 0.1) is 0 Å². The summed E-state index contributed by atoms with van der Waals surface area (Å²) in [5, 5.41) is 2.79. The molecule has 1 N–H and O–H groups in total. The second-order valence-electron chi connectivity index (χ2n) is 5.71. The number of nitrogens with one attached hydrogen (secondary N) is 1. The van der Waals surface area contributed by atoms with Crippen molar-refractivity contribution in [3.8, 4) is 0 Å². The van der Waals surface area contributed by atoms with Gasteiger partial charge in [-0.2, -0.15) is 0 Å². The molecule has 0 aliphatic carbocycles. The summed E-state index contributed by atoms with van der Waals surface area (Å²) >= 11 is 0. The number of anilines is 2. The van der Waals surface area contributed by atoms with Crippen LogP contribution in [0.15, 0.2) is 23.1 Å². The minimum absolute atomic E-state index is 0.140. The Bertz CT molecular complexity index is 657. The number of hydrogen-bond acceptors (Lipinski definition) is 4. The number of carbonyl (C=O) groups excluding carboxylic acids is 1. The first-order valence-corrected chi connectivity index (χ1v) is 8.81. The van der Waals surface area contributed by atoms with Crippen LogP contribution in [-0.4, -0.2) is 65.4 Å². The zero-order valence-electron chi connectivity index (χ0n) is 14.6. The molecule has 1 aromatic rings. The number of carbonyl (C=O) groups is 1. The van der Waals surface area contributed by atoms with Crippen molar-refractivity contribution in [1.29, 1.82) is 0 Å². The lowest BCUT2D eigenvalue weighted by molar-refractivity contribution is 0.222. The molecule has 2 amide bonds. The molecule has 0 aliphatic heterocycles. The number of rotatable bonds is 6. The fourth-order valence-corrected chi connectivity index (χ4v) is 2.95. The van der Waals surface area contributed by atoms with Crippen molar-refractivity contribution in [3.63, 3.8) is 0 Å². The molecule has 7 nitrogen and oxygen atoms in total. The van der Waals surface area contributed by atoms with E-state index in [1.165, 1.54) is 26.2 Å². The molecule has 0 unspecified atom stereocenters. The highest BCUT2D eigenvalue weighted by Gasteiger charge is 2.20. The Hall–Kier alpha value is -1.80. The van der Waals surface area contributed by atoms with E-state index in [0.29, 0.717) is 12.2 Å². The average Bonchev–Trinajstić information content (AvgIpc) is 2.46. The van der Waals surface area contributed by atoms with Crippen molar-refractivity contribution in [2.45, 2.75) is 18.2 Å². The molecule has 1 rings (SSSR count). The van der Waals surface area contributed by atoms with Crippen LogP contribution >= 0.6 is 0 Å². The normalized spacial score (nSPS) is 11.4. The van der Waals surface area contributed by atoms with Crippen LogP contribution in [-0.2, 0) is 10.0 Å². The Kier molecular flexibility index (Phi) is 6.40. The van der Waals surface area contributed by atoms with Gasteiger partial charge in [0.05, 0.1) is 16.3 Å². The van der Waals surface area contributed by atoms with Crippen LogP contribution in [0.3, 0.4) is 0 Å². The molecule has 0 aromatic heterocycles. The number of amides is 2. The molecule has 8 heteroatoms. The van der Waals surface area contributed by atoms with Gasteiger partial charge >= 0.3 is 6.03 Å². The molecule has 0 saturated heterocycles. The van der Waals surface area contributed by atoms with Gasteiger partial charge in [0.15, 0.2) is 0 Å². The average molecular weight is 342 g/mol. The first-order valence-electron chi connectivity index (χ1n) is 7.37. The predicted molar refractivity (Wildman–Crippen MR) is 93.6 cm³/mol. The Balaban J connectivity index is 3.25. The molecule has 23 heavy (non-hydrogen) atoms. The first kappa shape index (κ1) is 19.2. The van der Waals surface area contributed by atoms with Gasteiger partial charge in [0.2, 0.25) is 10.0 Å². The summed E-state index contributed by atoms with van der Waals surface area (Å²) in [6.07, 6.45) is 0.847. The van der Waals surface area contributed by atoms with Crippen molar-refractivity contribution < 1.29 is 13.2 Å². The molecule has 0 heterocycles. The Morgan fingerprint density at radius 2 is 1.74 bits per heavy atom. The highest BCUT2D eigenvalue weighted by molar-refractivity contribution is 7.89. The smallest absolute Gasteiger partial charge is 0.321 e. The lowest BCUT2D eigenvalue weighted by atomic mass is 10.2. The topological polar surface area (TPSA) is 73.0 Å². The molecule has 1 aromatic carbocycles. The summed E-state index contributed by atoms with van der Waals surface area (Å²) in [6, 6.07) is 4.44. The molecular formula is C15H26N4O3S. The van der Waals surface area contributed by atoms with Gasteiger partial charge in [0.25, 0.3) is 0 Å². The lowest BCUT2D eigenvalue weighted by Crippen LogP contribution is -2.32. The number of benzene rings is 1. The second-order valence-corrected chi connectivity index (χ2v) is 7.86. The minimum atomic E-state index is -3.56. The van der Waals surface area contributed by atoms with Crippen LogP contribution in [0.4, 0.5) is 16.2 Å². The molecule has 0 radical (unpaired) electrons. The van der Waals surface area contributed by atoms with Gasteiger partial charge in [-0.15, -0.1) is 0 Å². The molecule has 0 atom stereocenters. The van der Waals surface area contributed by atoms with Gasteiger partial charge in [-0.1, -0.05) is 6.92 Å². The van der Waals surface area contributed by atoms with Gasteiger partial charge in [0, 0.05) is 41.8 Å². The van der Waals surface area contributed by atoms with Gasteiger partial charge in [-0.05, 0) is 24.6 Å². The summed E-state index contributed by atoms with van der Waals surface area (Å²) in [4.78, 5) is 15.7. The van der Waals surface area contributed by atoms with E-state index in [9.17, 15) is 13.2 Å². The van der Waals surface area contributed by atoms with E-state index < -0.39 is 10.0 Å². The SMILES string of the molecule is CCCN(C)C(=O)Nc1cc(S(=O)(=O)N(C)C)ccc1N(C)C. The molecule has 0 aliphatic rings. The summed E-state index contributed by atoms with van der Waals surface area (Å²) in [6.45, 7) is 2.61. The van der Waals surface area contributed by atoms with Crippen LogP contribution in [0.5, 0.6) is 0 Å². The fourth-order valence-electron chi connectivity index (χ4n) is 2.02. The summed E-state index contributed by atoms with van der Waals surface area (Å²) in [5.41, 5.74) is 1.20. The Morgan fingerprint density at radius 3 is 2.22 bits per heavy atom. The van der Waals surface area contributed by atoms with Crippen LogP contribution < -0.4 is 10.2 Å². The van der Waals surface area contributed by atoms with Crippen molar-refractivity contribution in [3.05, 3.63) is 18.2 Å². The Morgan fingerprint density at radius 1 is 1.13 bits per heavy atom. The quantitative estimate of drug-likeness (QED) is 0.857. The summed E-state index contributed by atoms with van der Waals surface area (Å²) in [7, 11) is 4.76. The molecule has 0 bridgehead atoms. The zero-order valence-corrected chi connectivity index (χ0v) is 15.4. The zero-order chi connectivity index (χ0) is 17.8. The molecule has 0 fully saturated rings. The third-order valence-electron chi connectivity index (χ3n) is 3.38. The molecule has 0 spiro atoms. The second kappa shape index (κ2) is 7.65. The Labute approximate surface area is 138 Å².